The Morgan fingerprint density at radius 2 is 1.56 bits per heavy atom. The molecule has 4 amide bonds. The number of ketones is 2. The molecule has 2 aromatic rings. The van der Waals surface area contributed by atoms with Gasteiger partial charge < -0.3 is 40.9 Å². The number of fused-ring (bicyclic) bond motifs is 5. The third-order valence-corrected chi connectivity index (χ3v) is 8.85. The highest BCUT2D eigenvalue weighted by molar-refractivity contribution is 5.96. The van der Waals surface area contributed by atoms with Gasteiger partial charge in [0.05, 0.1) is 12.6 Å². The summed E-state index contributed by atoms with van der Waals surface area (Å²) in [6.45, 7) is 3.78. The number of nitrogens with zero attached hydrogens (tertiary/aromatic N) is 2. The zero-order valence-electron chi connectivity index (χ0n) is 28.6. The van der Waals surface area contributed by atoms with Gasteiger partial charge in [-0.1, -0.05) is 26.0 Å². The number of Topliss-reactive ketones (excluding diaryl/α,β-unsaturated/α-hetero) is 2. The molecule has 15 nitrogen and oxygen atoms in total. The van der Waals surface area contributed by atoms with Gasteiger partial charge in [0, 0.05) is 63.2 Å². The first-order valence-corrected chi connectivity index (χ1v) is 16.2. The van der Waals surface area contributed by atoms with Crippen molar-refractivity contribution in [1.29, 1.82) is 0 Å². The maximum atomic E-state index is 13.9. The Kier molecular flexibility index (Phi) is 13.2. The molecular weight excluding hydrogens is 652 g/mol. The van der Waals surface area contributed by atoms with Crippen LogP contribution in [-0.4, -0.2) is 110 Å². The van der Waals surface area contributed by atoms with E-state index < -0.39 is 78.4 Å². The van der Waals surface area contributed by atoms with E-state index in [2.05, 4.69) is 10.6 Å². The molecule has 0 spiro atoms. The largest absolute Gasteiger partial charge is 0.507 e. The van der Waals surface area contributed by atoms with Crippen LogP contribution >= 0.6 is 0 Å². The second-order valence-electron chi connectivity index (χ2n) is 12.5. The van der Waals surface area contributed by atoms with E-state index in [1.807, 2.05) is 0 Å². The minimum Gasteiger partial charge on any atom is -0.507 e. The highest BCUT2D eigenvalue weighted by Gasteiger charge is 2.34. The zero-order chi connectivity index (χ0) is 37.4. The van der Waals surface area contributed by atoms with Crippen LogP contribution in [0.4, 0.5) is 0 Å². The average molecular weight is 697 g/mol. The summed E-state index contributed by atoms with van der Waals surface area (Å²) in [5, 5.41) is 45.8. The summed E-state index contributed by atoms with van der Waals surface area (Å²) in [6, 6.07) is 3.43. The summed E-state index contributed by atoms with van der Waals surface area (Å²) >= 11 is 0. The Balaban J connectivity index is 1.90. The van der Waals surface area contributed by atoms with Crippen LogP contribution in [0.2, 0.25) is 0 Å². The number of carbonyl (C=O) groups is 7. The lowest BCUT2D eigenvalue weighted by Gasteiger charge is -2.29. The lowest BCUT2D eigenvalue weighted by Crippen LogP contribution is -2.52. The molecule has 5 atom stereocenters. The van der Waals surface area contributed by atoms with Crippen LogP contribution in [0.3, 0.4) is 0 Å². The summed E-state index contributed by atoms with van der Waals surface area (Å²) in [4.78, 5) is 92.3. The van der Waals surface area contributed by atoms with Crippen molar-refractivity contribution in [2.45, 2.75) is 77.0 Å². The van der Waals surface area contributed by atoms with Gasteiger partial charge in [0.2, 0.25) is 23.6 Å². The number of hydrogen-bond donors (Lipinski definition) is 6. The fourth-order valence-electron chi connectivity index (χ4n) is 5.71. The Morgan fingerprint density at radius 1 is 0.940 bits per heavy atom. The lowest BCUT2D eigenvalue weighted by molar-refractivity contribution is -0.143. The summed E-state index contributed by atoms with van der Waals surface area (Å²) in [5.74, 6) is -6.42. The van der Waals surface area contributed by atoms with Gasteiger partial charge in [-0.05, 0) is 42.3 Å². The quantitative estimate of drug-likeness (QED) is 0.195. The first-order valence-electron chi connectivity index (χ1n) is 16.2. The smallest absolute Gasteiger partial charge is 0.326 e. The van der Waals surface area contributed by atoms with Crippen LogP contribution in [0.1, 0.15) is 63.6 Å². The number of rotatable bonds is 11. The predicted octanol–water partition coefficient (Wildman–Crippen LogP) is 1.07. The van der Waals surface area contributed by atoms with Crippen LogP contribution in [0.15, 0.2) is 36.4 Å². The molecule has 3 rings (SSSR count). The number of phenols is 2. The number of amides is 4. The Hall–Kier alpha value is -5.31. The van der Waals surface area contributed by atoms with Gasteiger partial charge in [0.25, 0.3) is 0 Å². The Labute approximate surface area is 289 Å². The van der Waals surface area contributed by atoms with Crippen molar-refractivity contribution in [3.05, 3.63) is 47.5 Å². The molecular formula is C35H44N4O11. The minimum absolute atomic E-state index is 0.103. The fraction of sp³-hybridized carbons (Fsp3) is 0.457. The molecule has 1 aliphatic rings. The maximum absolute atomic E-state index is 13.9. The normalized spacial score (nSPS) is 18.9. The van der Waals surface area contributed by atoms with E-state index in [1.54, 1.807) is 6.92 Å². The summed E-state index contributed by atoms with van der Waals surface area (Å²) in [5.41, 5.74) is 0.902. The van der Waals surface area contributed by atoms with Gasteiger partial charge in [-0.15, -0.1) is 0 Å². The van der Waals surface area contributed by atoms with Gasteiger partial charge in [-0.2, -0.15) is 0 Å². The SMILES string of the molecule is CCC(=O)N(C)[C@H](CO)C(=O)N[C@H](C)C(=O)CCC(=O)N(C)[C@@H]1C(=O)C[C@@H](C)C(=O)N[C@H](C(=O)O)Cc2ccc(O)c(c2)-c2cc1ccc2O. The molecule has 0 aromatic heterocycles. The molecule has 4 bridgehead atoms. The summed E-state index contributed by atoms with van der Waals surface area (Å²) in [7, 11) is 2.70. The van der Waals surface area contributed by atoms with E-state index in [1.165, 1.54) is 64.3 Å². The molecule has 0 saturated heterocycles. The molecule has 1 aliphatic heterocycles. The molecule has 0 fully saturated rings. The summed E-state index contributed by atoms with van der Waals surface area (Å²) < 4.78 is 0. The predicted molar refractivity (Wildman–Crippen MR) is 179 cm³/mol. The average Bonchev–Trinajstić information content (AvgIpc) is 3.07. The Bertz CT molecular complexity index is 1660. The highest BCUT2D eigenvalue weighted by atomic mass is 16.4. The van der Waals surface area contributed by atoms with Crippen molar-refractivity contribution in [2.75, 3.05) is 20.7 Å². The number of aromatic hydroxyl groups is 2. The molecule has 6 N–H and O–H groups in total. The number of aliphatic carboxylic acids is 1. The number of aliphatic hydroxyl groups excluding tert-OH is 1. The molecule has 0 aliphatic carbocycles. The molecule has 15 heteroatoms. The van der Waals surface area contributed by atoms with Crippen molar-refractivity contribution < 1.29 is 54.0 Å². The highest BCUT2D eigenvalue weighted by Crippen LogP contribution is 2.39. The van der Waals surface area contributed by atoms with Crippen LogP contribution < -0.4 is 10.6 Å². The van der Waals surface area contributed by atoms with Crippen molar-refractivity contribution in [2.24, 2.45) is 5.92 Å². The molecule has 0 unspecified atom stereocenters. The second kappa shape index (κ2) is 16.9. The number of benzene rings is 2. The first-order chi connectivity index (χ1) is 23.5. The fourth-order valence-corrected chi connectivity index (χ4v) is 5.71. The van der Waals surface area contributed by atoms with Crippen LogP contribution in [-0.2, 0) is 40.0 Å². The van der Waals surface area contributed by atoms with E-state index in [4.69, 9.17) is 0 Å². The van der Waals surface area contributed by atoms with Gasteiger partial charge in [0.1, 0.15) is 29.6 Å². The van der Waals surface area contributed by atoms with Gasteiger partial charge in [0.15, 0.2) is 11.6 Å². The molecule has 0 radical (unpaired) electrons. The van der Waals surface area contributed by atoms with E-state index in [0.717, 1.165) is 9.80 Å². The van der Waals surface area contributed by atoms with Crippen molar-refractivity contribution in [1.82, 2.24) is 20.4 Å². The molecule has 270 valence electrons. The lowest BCUT2D eigenvalue weighted by atomic mass is 9.89. The first kappa shape index (κ1) is 39.1. The number of carboxylic acid groups (broad SMARTS) is 1. The third-order valence-electron chi connectivity index (χ3n) is 8.85. The van der Waals surface area contributed by atoms with E-state index >= 15 is 0 Å². The number of carbonyl (C=O) groups excluding carboxylic acids is 6. The van der Waals surface area contributed by atoms with Gasteiger partial charge in [-0.25, -0.2) is 4.79 Å². The van der Waals surface area contributed by atoms with Gasteiger partial charge >= 0.3 is 5.97 Å². The van der Waals surface area contributed by atoms with Crippen molar-refractivity contribution >= 4 is 41.2 Å². The number of hydrogen-bond acceptors (Lipinski definition) is 10. The van der Waals surface area contributed by atoms with E-state index in [-0.39, 0.29) is 59.8 Å². The van der Waals surface area contributed by atoms with Crippen LogP contribution in [0.5, 0.6) is 11.5 Å². The third kappa shape index (κ3) is 9.22. The van der Waals surface area contributed by atoms with Crippen molar-refractivity contribution in [3.63, 3.8) is 0 Å². The number of nitrogens with one attached hydrogen (secondary N) is 2. The zero-order valence-corrected chi connectivity index (χ0v) is 28.6. The molecule has 1 heterocycles. The number of aliphatic hydroxyl groups is 1. The van der Waals surface area contributed by atoms with Crippen LogP contribution in [0.25, 0.3) is 11.1 Å². The minimum atomic E-state index is -1.36. The number of phenolic OH excluding ortho intramolecular Hbond substituents is 2. The van der Waals surface area contributed by atoms with E-state index in [9.17, 15) is 54.0 Å². The topological polar surface area (TPSA) is 231 Å². The molecule has 50 heavy (non-hydrogen) atoms. The van der Waals surface area contributed by atoms with Gasteiger partial charge in [-0.3, -0.25) is 28.8 Å². The molecule has 0 saturated carbocycles. The standard InChI is InChI=1S/C35H44N4O11/c1-6-30(45)38(4)25(17-40)34(48)36-19(3)26(41)11-12-31(46)39(5)32-21-8-10-28(43)23(16-21)22-14-20(7-9-27(22)42)15-24(35(49)50)37-33(47)18(2)13-29(32)44/h7-10,14,16,18-19,24-25,32,40,42-43H,6,11-13,15,17H2,1-5H3,(H,36,48)(H,37,47)(H,49,50)/t18-,19-,24+,25-,32+/m1/s1. The summed E-state index contributed by atoms with van der Waals surface area (Å²) in [6.07, 6.45) is -1.15. The number of likely N-dealkylation sites (N-methyl/N-ethyl adjacent to an activating group) is 2. The van der Waals surface area contributed by atoms with Crippen molar-refractivity contribution in [3.8, 4) is 22.6 Å². The second-order valence-corrected chi connectivity index (χ2v) is 12.5. The van der Waals surface area contributed by atoms with E-state index in [0.29, 0.717) is 5.56 Å². The van der Waals surface area contributed by atoms with Crippen LogP contribution in [0, 0.1) is 5.92 Å². The Morgan fingerprint density at radius 3 is 2.16 bits per heavy atom. The monoisotopic (exact) mass is 696 g/mol. The maximum Gasteiger partial charge on any atom is 0.326 e. The number of carboxylic acids is 1. The molecule has 2 aromatic carbocycles.